The van der Waals surface area contributed by atoms with Gasteiger partial charge >= 0.3 is 0 Å². The average Bonchev–Trinajstić information content (AvgIpc) is 2.47. The topological polar surface area (TPSA) is 37.3 Å². The summed E-state index contributed by atoms with van der Waals surface area (Å²) in [4.78, 5) is 10.5. The van der Waals surface area contributed by atoms with Crippen LogP contribution in [0, 0.1) is 0 Å². The molecule has 0 aliphatic carbocycles. The summed E-state index contributed by atoms with van der Waals surface area (Å²) in [5, 5.41) is 2.77. The molecule has 0 saturated heterocycles. The number of hydrogen-bond acceptors (Lipinski definition) is 1. The van der Waals surface area contributed by atoms with Crippen LogP contribution in [-0.4, -0.2) is 4.89 Å². The number of benzene rings is 3. The molecule has 19 heavy (non-hydrogen) atoms. The Bertz CT molecular complexity index is 761. The lowest BCUT2D eigenvalue weighted by Gasteiger charge is -2.14. The Morgan fingerprint density at radius 3 is 2.16 bits per heavy atom. The molecule has 0 bridgehead atoms. The zero-order chi connectivity index (χ0) is 13.3. The summed E-state index contributed by atoms with van der Waals surface area (Å²) in [5.41, 5.74) is 0. The van der Waals surface area contributed by atoms with E-state index in [0.29, 0.717) is 10.6 Å². The first kappa shape index (κ1) is 12.2. The van der Waals surface area contributed by atoms with Crippen LogP contribution in [0.25, 0.3) is 10.8 Å². The zero-order valence-corrected chi connectivity index (χ0v) is 11.1. The van der Waals surface area contributed by atoms with Crippen LogP contribution < -0.4 is 10.6 Å². The molecule has 0 saturated carbocycles. The third kappa shape index (κ3) is 2.10. The first-order valence-electron chi connectivity index (χ1n) is 6.06. The van der Waals surface area contributed by atoms with Crippen molar-refractivity contribution in [2.45, 2.75) is 0 Å². The van der Waals surface area contributed by atoms with E-state index in [1.54, 1.807) is 30.3 Å². The molecular formula is C16H13O2P. The molecule has 0 fully saturated rings. The number of hydrogen-bond donors (Lipinski definition) is 1. The van der Waals surface area contributed by atoms with Crippen LogP contribution in [0.15, 0.2) is 72.8 Å². The van der Waals surface area contributed by atoms with E-state index < -0.39 is 7.37 Å². The highest BCUT2D eigenvalue weighted by Crippen LogP contribution is 2.40. The second-order valence-electron chi connectivity index (χ2n) is 4.41. The Labute approximate surface area is 111 Å². The molecule has 0 spiro atoms. The fourth-order valence-corrected chi connectivity index (χ4v) is 3.91. The van der Waals surface area contributed by atoms with Crippen molar-refractivity contribution in [2.24, 2.45) is 0 Å². The maximum Gasteiger partial charge on any atom is 0.259 e. The lowest BCUT2D eigenvalue weighted by molar-refractivity contribution is 0.501. The molecule has 94 valence electrons. The maximum atomic E-state index is 12.8. The van der Waals surface area contributed by atoms with Crippen molar-refractivity contribution < 1.29 is 9.46 Å². The highest BCUT2D eigenvalue weighted by molar-refractivity contribution is 7.74. The van der Waals surface area contributed by atoms with Crippen molar-refractivity contribution >= 4 is 28.8 Å². The fourth-order valence-electron chi connectivity index (χ4n) is 2.24. The van der Waals surface area contributed by atoms with Gasteiger partial charge in [-0.3, -0.25) is 4.57 Å². The molecule has 0 aliphatic heterocycles. The van der Waals surface area contributed by atoms with Gasteiger partial charge in [-0.1, -0.05) is 54.6 Å². The van der Waals surface area contributed by atoms with Crippen LogP contribution in [-0.2, 0) is 4.57 Å². The summed E-state index contributed by atoms with van der Waals surface area (Å²) in [6.07, 6.45) is 0. The van der Waals surface area contributed by atoms with Crippen LogP contribution in [0.3, 0.4) is 0 Å². The van der Waals surface area contributed by atoms with E-state index in [4.69, 9.17) is 0 Å². The predicted octanol–water partition coefficient (Wildman–Crippen LogP) is 3.06. The van der Waals surface area contributed by atoms with Crippen LogP contribution in [0.4, 0.5) is 0 Å². The molecule has 3 rings (SSSR count). The van der Waals surface area contributed by atoms with Gasteiger partial charge in [0.1, 0.15) is 0 Å². The smallest absolute Gasteiger partial charge is 0.259 e. The monoisotopic (exact) mass is 268 g/mol. The number of rotatable bonds is 2. The minimum Gasteiger partial charge on any atom is -0.338 e. The average molecular weight is 268 g/mol. The Morgan fingerprint density at radius 1 is 0.737 bits per heavy atom. The molecule has 0 amide bonds. The first-order valence-corrected chi connectivity index (χ1v) is 7.72. The van der Waals surface area contributed by atoms with Gasteiger partial charge in [-0.2, -0.15) is 0 Å². The predicted molar refractivity (Wildman–Crippen MR) is 79.5 cm³/mol. The maximum absolute atomic E-state index is 12.8. The van der Waals surface area contributed by atoms with Gasteiger partial charge < -0.3 is 4.89 Å². The van der Waals surface area contributed by atoms with Crippen molar-refractivity contribution in [2.75, 3.05) is 0 Å². The van der Waals surface area contributed by atoms with Crippen LogP contribution in [0.5, 0.6) is 0 Å². The molecule has 3 heteroatoms. The van der Waals surface area contributed by atoms with E-state index in [9.17, 15) is 9.46 Å². The van der Waals surface area contributed by atoms with Crippen molar-refractivity contribution in [1.29, 1.82) is 0 Å². The summed E-state index contributed by atoms with van der Waals surface area (Å²) < 4.78 is 12.8. The van der Waals surface area contributed by atoms with Crippen LogP contribution >= 0.6 is 7.37 Å². The van der Waals surface area contributed by atoms with Gasteiger partial charge in [0.05, 0.1) is 0 Å². The molecule has 1 unspecified atom stereocenters. The third-order valence-electron chi connectivity index (χ3n) is 3.20. The van der Waals surface area contributed by atoms with Crippen molar-refractivity contribution in [3.8, 4) is 0 Å². The SMILES string of the molecule is O=P(O)(c1ccccc1)c1cccc2ccccc12. The summed E-state index contributed by atoms with van der Waals surface area (Å²) >= 11 is 0. The van der Waals surface area contributed by atoms with E-state index in [0.717, 1.165) is 10.8 Å². The zero-order valence-electron chi connectivity index (χ0n) is 10.2. The summed E-state index contributed by atoms with van der Waals surface area (Å²) in [6, 6.07) is 21.9. The van der Waals surface area contributed by atoms with Gasteiger partial charge in [0.2, 0.25) is 0 Å². The second kappa shape index (κ2) is 4.65. The normalized spacial score (nSPS) is 14.2. The molecule has 2 nitrogen and oxygen atoms in total. The Balaban J connectivity index is 2.28. The van der Waals surface area contributed by atoms with Gasteiger partial charge in [-0.15, -0.1) is 0 Å². The molecule has 3 aromatic rings. The van der Waals surface area contributed by atoms with Gasteiger partial charge in [-0.25, -0.2) is 0 Å². The quantitative estimate of drug-likeness (QED) is 0.725. The van der Waals surface area contributed by atoms with Crippen LogP contribution in [0.2, 0.25) is 0 Å². The molecule has 3 aromatic carbocycles. The lowest BCUT2D eigenvalue weighted by atomic mass is 10.1. The molecule has 0 radical (unpaired) electrons. The van der Waals surface area contributed by atoms with E-state index in [1.165, 1.54) is 0 Å². The Kier molecular flexibility index (Phi) is 2.98. The largest absolute Gasteiger partial charge is 0.338 e. The molecule has 0 aromatic heterocycles. The standard InChI is InChI=1S/C16H13O2P/c17-19(18,14-9-2-1-3-10-14)16-12-6-8-13-7-4-5-11-15(13)16/h1-12H,(H,17,18). The summed E-state index contributed by atoms with van der Waals surface area (Å²) in [5.74, 6) is 0. The van der Waals surface area contributed by atoms with Gasteiger partial charge in [0.15, 0.2) is 0 Å². The van der Waals surface area contributed by atoms with Crippen molar-refractivity contribution in [3.05, 3.63) is 72.8 Å². The van der Waals surface area contributed by atoms with E-state index in [-0.39, 0.29) is 0 Å². The first-order chi connectivity index (χ1) is 9.19. The Hall–Kier alpha value is -1.89. The van der Waals surface area contributed by atoms with Crippen molar-refractivity contribution in [1.82, 2.24) is 0 Å². The highest BCUT2D eigenvalue weighted by Gasteiger charge is 2.25. The molecule has 1 atom stereocenters. The highest BCUT2D eigenvalue weighted by atomic mass is 31.2. The van der Waals surface area contributed by atoms with Gasteiger partial charge in [0, 0.05) is 10.6 Å². The van der Waals surface area contributed by atoms with Gasteiger partial charge in [-0.05, 0) is 29.0 Å². The summed E-state index contributed by atoms with van der Waals surface area (Å²) in [7, 11) is -3.54. The third-order valence-corrected chi connectivity index (χ3v) is 5.24. The minimum absolute atomic E-state index is 0.464. The van der Waals surface area contributed by atoms with E-state index in [2.05, 4.69) is 0 Å². The van der Waals surface area contributed by atoms with Crippen LogP contribution in [0.1, 0.15) is 0 Å². The fraction of sp³-hybridized carbons (Fsp3) is 0. The molecule has 1 N–H and O–H groups in total. The minimum atomic E-state index is -3.54. The molecular weight excluding hydrogens is 255 g/mol. The Morgan fingerprint density at radius 2 is 1.37 bits per heavy atom. The van der Waals surface area contributed by atoms with E-state index >= 15 is 0 Å². The van der Waals surface area contributed by atoms with Crippen molar-refractivity contribution in [3.63, 3.8) is 0 Å². The molecule has 0 aliphatic rings. The second-order valence-corrected chi connectivity index (χ2v) is 6.56. The number of fused-ring (bicyclic) bond motifs is 1. The molecule has 0 heterocycles. The lowest BCUT2D eigenvalue weighted by Crippen LogP contribution is -2.16. The van der Waals surface area contributed by atoms with Gasteiger partial charge in [0.25, 0.3) is 7.37 Å². The summed E-state index contributed by atoms with van der Waals surface area (Å²) in [6.45, 7) is 0. The van der Waals surface area contributed by atoms with E-state index in [1.807, 2.05) is 42.5 Å².